The van der Waals surface area contributed by atoms with Crippen LogP contribution in [-0.4, -0.2) is 28.8 Å². The van der Waals surface area contributed by atoms with Gasteiger partial charge in [0.1, 0.15) is 6.04 Å². The van der Waals surface area contributed by atoms with E-state index in [1.165, 1.54) is 6.42 Å². The van der Waals surface area contributed by atoms with Gasteiger partial charge in [0.2, 0.25) is 11.8 Å². The molecule has 1 fully saturated rings. The van der Waals surface area contributed by atoms with Gasteiger partial charge in [0.05, 0.1) is 16.5 Å². The van der Waals surface area contributed by atoms with Crippen LogP contribution in [0.15, 0.2) is 36.4 Å². The van der Waals surface area contributed by atoms with Crippen LogP contribution in [0.3, 0.4) is 0 Å². The van der Waals surface area contributed by atoms with Crippen LogP contribution in [0.5, 0.6) is 0 Å². The summed E-state index contributed by atoms with van der Waals surface area (Å²) in [6, 6.07) is 9.84. The molecule has 8 heteroatoms. The van der Waals surface area contributed by atoms with Crippen LogP contribution in [0, 0.1) is 0 Å². The summed E-state index contributed by atoms with van der Waals surface area (Å²) in [5.41, 5.74) is 1.46. The van der Waals surface area contributed by atoms with Gasteiger partial charge in [-0.15, -0.1) is 0 Å². The third kappa shape index (κ3) is 7.26. The van der Waals surface area contributed by atoms with Crippen molar-refractivity contribution in [2.75, 3.05) is 0 Å². The van der Waals surface area contributed by atoms with E-state index in [9.17, 15) is 9.59 Å². The van der Waals surface area contributed by atoms with Gasteiger partial charge in [-0.05, 0) is 54.7 Å². The number of carbonyl (C=O) groups is 2. The molecule has 0 saturated heterocycles. The Labute approximate surface area is 215 Å². The Morgan fingerprint density at radius 1 is 0.970 bits per heavy atom. The molecule has 2 amide bonds. The van der Waals surface area contributed by atoms with Crippen molar-refractivity contribution in [2.24, 2.45) is 0 Å². The summed E-state index contributed by atoms with van der Waals surface area (Å²) in [6.45, 7) is 2.15. The standard InChI is InChI=1S/C25H28Cl4N2O2/c1-2-23(25(33)30-19-6-4-3-5-7-19)31(15-16-8-11-20(27)22(29)12-16)24(32)13-17-9-10-18(26)14-21(17)28/h8-12,14,19,23H,2-7,13,15H2,1H3,(H,30,33). The molecule has 1 atom stereocenters. The highest BCUT2D eigenvalue weighted by atomic mass is 35.5. The number of hydrogen-bond donors (Lipinski definition) is 1. The van der Waals surface area contributed by atoms with Gasteiger partial charge >= 0.3 is 0 Å². The first-order valence-corrected chi connectivity index (χ1v) is 12.8. The molecule has 1 aliphatic rings. The number of hydrogen-bond acceptors (Lipinski definition) is 2. The van der Waals surface area contributed by atoms with Gasteiger partial charge in [-0.2, -0.15) is 0 Å². The zero-order valence-electron chi connectivity index (χ0n) is 18.6. The van der Waals surface area contributed by atoms with Crippen LogP contribution in [0.4, 0.5) is 0 Å². The smallest absolute Gasteiger partial charge is 0.243 e. The third-order valence-electron chi connectivity index (χ3n) is 6.03. The summed E-state index contributed by atoms with van der Waals surface area (Å²) in [6.07, 6.45) is 5.93. The van der Waals surface area contributed by atoms with E-state index < -0.39 is 6.04 Å². The third-order valence-corrected chi connectivity index (χ3v) is 7.36. The molecule has 2 aromatic carbocycles. The normalized spacial score (nSPS) is 15.2. The zero-order valence-corrected chi connectivity index (χ0v) is 21.6. The number of halogens is 4. The van der Waals surface area contributed by atoms with Crippen LogP contribution in [-0.2, 0) is 22.6 Å². The molecule has 33 heavy (non-hydrogen) atoms. The minimum atomic E-state index is -0.611. The molecule has 1 aliphatic carbocycles. The van der Waals surface area contributed by atoms with E-state index in [-0.39, 0.29) is 30.8 Å². The van der Waals surface area contributed by atoms with Gasteiger partial charge in [0, 0.05) is 22.6 Å². The maximum atomic E-state index is 13.5. The highest BCUT2D eigenvalue weighted by Gasteiger charge is 2.30. The number of rotatable bonds is 8. The molecule has 1 unspecified atom stereocenters. The minimum absolute atomic E-state index is 0.0601. The van der Waals surface area contributed by atoms with E-state index in [0.717, 1.165) is 31.2 Å². The summed E-state index contributed by atoms with van der Waals surface area (Å²) in [5, 5.41) is 4.94. The van der Waals surface area contributed by atoms with Crippen molar-refractivity contribution < 1.29 is 9.59 Å². The lowest BCUT2D eigenvalue weighted by atomic mass is 9.95. The Balaban J connectivity index is 1.85. The predicted molar refractivity (Wildman–Crippen MR) is 136 cm³/mol. The van der Waals surface area contributed by atoms with Crippen molar-refractivity contribution in [2.45, 2.75) is 70.5 Å². The second kappa shape index (κ2) is 12.3. The van der Waals surface area contributed by atoms with Gasteiger partial charge in [-0.1, -0.05) is 84.7 Å². The Kier molecular flexibility index (Phi) is 9.75. The molecule has 4 nitrogen and oxygen atoms in total. The van der Waals surface area contributed by atoms with Gasteiger partial charge in [0.25, 0.3) is 0 Å². The molecule has 0 heterocycles. The van der Waals surface area contributed by atoms with Crippen molar-refractivity contribution in [3.63, 3.8) is 0 Å². The van der Waals surface area contributed by atoms with Crippen molar-refractivity contribution >= 4 is 58.2 Å². The Bertz CT molecular complexity index is 992. The lowest BCUT2D eigenvalue weighted by Gasteiger charge is -2.33. The minimum Gasteiger partial charge on any atom is -0.352 e. The maximum absolute atomic E-state index is 13.5. The van der Waals surface area contributed by atoms with Crippen molar-refractivity contribution in [1.29, 1.82) is 0 Å². The Morgan fingerprint density at radius 3 is 2.33 bits per heavy atom. The van der Waals surface area contributed by atoms with Crippen molar-refractivity contribution in [3.8, 4) is 0 Å². The van der Waals surface area contributed by atoms with Crippen molar-refractivity contribution in [1.82, 2.24) is 10.2 Å². The summed E-state index contributed by atoms with van der Waals surface area (Å²) < 4.78 is 0. The van der Waals surface area contributed by atoms with Gasteiger partial charge in [0.15, 0.2) is 0 Å². The van der Waals surface area contributed by atoms with E-state index in [1.54, 1.807) is 35.2 Å². The molecule has 0 aromatic heterocycles. The van der Waals surface area contributed by atoms with Gasteiger partial charge in [-0.25, -0.2) is 0 Å². The number of nitrogens with zero attached hydrogens (tertiary/aromatic N) is 1. The molecular formula is C25H28Cl4N2O2. The SMILES string of the molecule is CCC(C(=O)NC1CCCCC1)N(Cc1ccc(Cl)c(Cl)c1)C(=O)Cc1ccc(Cl)cc1Cl. The quantitative estimate of drug-likeness (QED) is 0.396. The fourth-order valence-electron chi connectivity index (χ4n) is 4.23. The summed E-state index contributed by atoms with van der Waals surface area (Å²) in [7, 11) is 0. The van der Waals surface area contributed by atoms with Crippen molar-refractivity contribution in [3.05, 3.63) is 67.6 Å². The molecule has 2 aromatic rings. The van der Waals surface area contributed by atoms with E-state index in [1.807, 2.05) is 13.0 Å². The molecular weight excluding hydrogens is 502 g/mol. The van der Waals surface area contributed by atoms with E-state index in [0.29, 0.717) is 32.1 Å². The molecule has 0 radical (unpaired) electrons. The highest BCUT2D eigenvalue weighted by molar-refractivity contribution is 6.42. The van der Waals surface area contributed by atoms with E-state index >= 15 is 0 Å². The highest BCUT2D eigenvalue weighted by Crippen LogP contribution is 2.26. The second-order valence-corrected chi connectivity index (χ2v) is 10.1. The van der Waals surface area contributed by atoms with Crippen LogP contribution in [0.1, 0.15) is 56.6 Å². The molecule has 0 aliphatic heterocycles. The summed E-state index contributed by atoms with van der Waals surface area (Å²) in [5.74, 6) is -0.323. The molecule has 1 N–H and O–H groups in total. The first kappa shape index (κ1) is 26.2. The average molecular weight is 530 g/mol. The second-order valence-electron chi connectivity index (χ2n) is 8.45. The summed E-state index contributed by atoms with van der Waals surface area (Å²) >= 11 is 24.6. The lowest BCUT2D eigenvalue weighted by Crippen LogP contribution is -2.52. The average Bonchev–Trinajstić information content (AvgIpc) is 2.78. The Morgan fingerprint density at radius 2 is 1.70 bits per heavy atom. The maximum Gasteiger partial charge on any atom is 0.243 e. The van der Waals surface area contributed by atoms with Crippen LogP contribution >= 0.6 is 46.4 Å². The number of carbonyl (C=O) groups excluding carboxylic acids is 2. The molecule has 0 spiro atoms. The largest absolute Gasteiger partial charge is 0.352 e. The number of amides is 2. The number of nitrogens with one attached hydrogen (secondary N) is 1. The number of benzene rings is 2. The Hall–Kier alpha value is -1.46. The topological polar surface area (TPSA) is 49.4 Å². The van der Waals surface area contributed by atoms with E-state index in [2.05, 4.69) is 5.32 Å². The molecule has 1 saturated carbocycles. The van der Waals surface area contributed by atoms with Crippen LogP contribution in [0.25, 0.3) is 0 Å². The first-order chi connectivity index (χ1) is 15.8. The summed E-state index contributed by atoms with van der Waals surface area (Å²) in [4.78, 5) is 28.4. The zero-order chi connectivity index (χ0) is 24.0. The fraction of sp³-hybridized carbons (Fsp3) is 0.440. The molecule has 0 bridgehead atoms. The van der Waals surface area contributed by atoms with Gasteiger partial charge in [-0.3, -0.25) is 9.59 Å². The monoisotopic (exact) mass is 528 g/mol. The van der Waals surface area contributed by atoms with Crippen LogP contribution < -0.4 is 5.32 Å². The fourth-order valence-corrected chi connectivity index (χ4v) is 5.02. The molecule has 3 rings (SSSR count). The lowest BCUT2D eigenvalue weighted by molar-refractivity contribution is -0.141. The van der Waals surface area contributed by atoms with E-state index in [4.69, 9.17) is 46.4 Å². The van der Waals surface area contributed by atoms with Gasteiger partial charge < -0.3 is 10.2 Å². The first-order valence-electron chi connectivity index (χ1n) is 11.3. The van der Waals surface area contributed by atoms with Crippen LogP contribution in [0.2, 0.25) is 20.1 Å². The molecule has 178 valence electrons. The predicted octanol–water partition coefficient (Wildman–Crippen LogP) is 7.10.